The molecule has 2 aromatic heterocycles. The molecule has 5 N–H and O–H groups in total. The van der Waals surface area contributed by atoms with Gasteiger partial charge in [0.15, 0.2) is 11.6 Å². The van der Waals surface area contributed by atoms with Crippen molar-refractivity contribution in [3.63, 3.8) is 0 Å². The highest BCUT2D eigenvalue weighted by Crippen LogP contribution is 2.24. The fraction of sp³-hybridized carbons (Fsp3) is 0.320. The van der Waals surface area contributed by atoms with Gasteiger partial charge in [-0.1, -0.05) is 36.8 Å². The third kappa shape index (κ3) is 6.29. The smallest absolute Gasteiger partial charge is 0.207 e. The fourth-order valence-electron chi connectivity index (χ4n) is 3.84. The number of amidine groups is 1. The molecule has 1 fully saturated rings. The van der Waals surface area contributed by atoms with Crippen molar-refractivity contribution in [2.45, 2.75) is 33.7 Å². The molecule has 0 atom stereocenters. The van der Waals surface area contributed by atoms with Gasteiger partial charge in [0.1, 0.15) is 18.2 Å². The lowest BCUT2D eigenvalue weighted by molar-refractivity contribution is 0.297. The molecule has 0 bridgehead atoms. The number of allylic oxidation sites excluding steroid dienone is 6. The Balaban J connectivity index is 1.79. The zero-order valence-corrected chi connectivity index (χ0v) is 20.7. The number of halogens is 1. The predicted molar refractivity (Wildman–Crippen MR) is 139 cm³/mol. The van der Waals surface area contributed by atoms with Crippen molar-refractivity contribution in [3.05, 3.63) is 71.1 Å². The molecule has 36 heavy (non-hydrogen) atoms. The minimum atomic E-state index is -0.610. The van der Waals surface area contributed by atoms with Gasteiger partial charge < -0.3 is 10.2 Å². The summed E-state index contributed by atoms with van der Waals surface area (Å²) in [6.45, 7) is 7.22. The predicted octanol–water partition coefficient (Wildman–Crippen LogP) is 3.29. The molecule has 188 valence electrons. The standard InChI is InChI=1S/C25H31FN10/c1-4-6-17(3)10-19(7-5-2)23-20(12-27)11-18(13-30-23)14-31-24-22(26)25(33-16-32-24)35-8-9-36(34-29)21(28)15-35/h5-7,10-11,13,16,28,34H,4,8-9,14-15,29H2,1-3H3,(H,31,32,33)/b7-5-,17-6+,19-10+,28-21?. The summed E-state index contributed by atoms with van der Waals surface area (Å²) in [5, 5.41) is 22.3. The molecule has 0 aliphatic carbocycles. The fourth-order valence-corrected chi connectivity index (χ4v) is 3.84. The highest BCUT2D eigenvalue weighted by molar-refractivity contribution is 5.84. The lowest BCUT2D eigenvalue weighted by Crippen LogP contribution is -2.57. The van der Waals surface area contributed by atoms with Crippen LogP contribution in [-0.2, 0) is 6.54 Å². The number of hydrogen-bond donors (Lipinski definition) is 4. The number of nitrogens with zero attached hydrogens (tertiary/aromatic N) is 6. The highest BCUT2D eigenvalue weighted by Gasteiger charge is 2.25. The van der Waals surface area contributed by atoms with Crippen molar-refractivity contribution in [1.29, 1.82) is 10.7 Å². The van der Waals surface area contributed by atoms with E-state index in [9.17, 15) is 5.26 Å². The Hall–Kier alpha value is -4.14. The van der Waals surface area contributed by atoms with Crippen molar-refractivity contribution >= 4 is 23.0 Å². The second-order valence-corrected chi connectivity index (χ2v) is 8.17. The molecule has 10 nitrogen and oxygen atoms in total. The quantitative estimate of drug-likeness (QED) is 0.236. The number of nitrogens with one attached hydrogen (secondary N) is 3. The van der Waals surface area contributed by atoms with E-state index in [-0.39, 0.29) is 30.6 Å². The zero-order valence-electron chi connectivity index (χ0n) is 20.7. The summed E-state index contributed by atoms with van der Waals surface area (Å²) in [5.41, 5.74) is 6.10. The molecule has 3 heterocycles. The first-order chi connectivity index (χ1) is 17.4. The molecule has 1 saturated heterocycles. The van der Waals surface area contributed by atoms with Crippen LogP contribution in [0.1, 0.15) is 44.0 Å². The first-order valence-corrected chi connectivity index (χ1v) is 11.6. The van der Waals surface area contributed by atoms with Gasteiger partial charge in [-0.3, -0.25) is 21.2 Å². The van der Waals surface area contributed by atoms with Crippen LogP contribution in [0.25, 0.3) is 5.57 Å². The molecule has 0 amide bonds. The Morgan fingerprint density at radius 2 is 2.14 bits per heavy atom. The Morgan fingerprint density at radius 3 is 2.81 bits per heavy atom. The van der Waals surface area contributed by atoms with Crippen LogP contribution in [-0.4, -0.2) is 45.4 Å². The summed E-state index contributed by atoms with van der Waals surface area (Å²) in [6.07, 6.45) is 11.8. The van der Waals surface area contributed by atoms with Crippen LogP contribution in [0.5, 0.6) is 0 Å². The SMILES string of the molecule is C\C=C/C(=C\C(C)=C\CC)c1ncc(CNc2ncnc(N3CCN(NN)C(=N)C3)c2F)cc1C#N. The first-order valence-electron chi connectivity index (χ1n) is 11.6. The summed E-state index contributed by atoms with van der Waals surface area (Å²) in [4.78, 5) is 14.3. The molecule has 3 rings (SSSR count). The van der Waals surface area contributed by atoms with E-state index in [1.54, 1.807) is 17.2 Å². The summed E-state index contributed by atoms with van der Waals surface area (Å²) < 4.78 is 15.2. The van der Waals surface area contributed by atoms with Crippen molar-refractivity contribution < 1.29 is 4.39 Å². The number of pyridine rings is 1. The number of hydrogen-bond acceptors (Lipinski definition) is 9. The maximum Gasteiger partial charge on any atom is 0.207 e. The van der Waals surface area contributed by atoms with E-state index in [1.165, 1.54) is 11.3 Å². The Bertz CT molecular complexity index is 1230. The van der Waals surface area contributed by atoms with Gasteiger partial charge in [0.05, 0.1) is 24.3 Å². The Kier molecular flexibility index (Phi) is 9.21. The molecule has 0 saturated carbocycles. The van der Waals surface area contributed by atoms with Gasteiger partial charge >= 0.3 is 0 Å². The molecular formula is C25H31FN10. The molecule has 11 heteroatoms. The maximum absolute atomic E-state index is 15.2. The number of piperazine rings is 1. The molecule has 0 spiro atoms. The highest BCUT2D eigenvalue weighted by atomic mass is 19.1. The second-order valence-electron chi connectivity index (χ2n) is 8.17. The Labute approximate surface area is 210 Å². The Morgan fingerprint density at radius 1 is 1.33 bits per heavy atom. The van der Waals surface area contributed by atoms with Crippen LogP contribution in [0.3, 0.4) is 0 Å². The third-order valence-electron chi connectivity index (χ3n) is 5.54. The lowest BCUT2D eigenvalue weighted by atomic mass is 10.0. The third-order valence-corrected chi connectivity index (χ3v) is 5.54. The molecule has 0 radical (unpaired) electrons. The summed E-state index contributed by atoms with van der Waals surface area (Å²) in [6, 6.07) is 3.97. The van der Waals surface area contributed by atoms with Gasteiger partial charge in [-0.15, -0.1) is 0 Å². The lowest BCUT2D eigenvalue weighted by Gasteiger charge is -2.35. The number of nitriles is 1. The van der Waals surface area contributed by atoms with Crippen molar-refractivity contribution in [2.75, 3.05) is 29.9 Å². The normalized spacial score (nSPS) is 14.9. The van der Waals surface area contributed by atoms with Gasteiger partial charge in [0, 0.05) is 24.9 Å². The number of aromatic nitrogens is 3. The van der Waals surface area contributed by atoms with Gasteiger partial charge in [-0.05, 0) is 31.9 Å². The average Bonchev–Trinajstić information content (AvgIpc) is 2.87. The van der Waals surface area contributed by atoms with E-state index in [4.69, 9.17) is 11.3 Å². The molecule has 0 unspecified atom stereocenters. The molecular weight excluding hydrogens is 459 g/mol. The van der Waals surface area contributed by atoms with Crippen molar-refractivity contribution in [3.8, 4) is 6.07 Å². The molecule has 1 aliphatic heterocycles. The minimum absolute atomic E-state index is 0.0309. The zero-order chi connectivity index (χ0) is 26.1. The van der Waals surface area contributed by atoms with E-state index in [0.717, 1.165) is 17.6 Å². The number of nitrogens with two attached hydrogens (primary N) is 1. The van der Waals surface area contributed by atoms with E-state index < -0.39 is 5.82 Å². The van der Waals surface area contributed by atoms with Crippen molar-refractivity contribution in [2.24, 2.45) is 5.84 Å². The van der Waals surface area contributed by atoms with E-state index in [2.05, 4.69) is 44.9 Å². The van der Waals surface area contributed by atoms with Crippen LogP contribution < -0.4 is 21.6 Å². The number of rotatable bonds is 9. The van der Waals surface area contributed by atoms with Crippen LogP contribution in [0, 0.1) is 22.6 Å². The molecule has 0 aromatic carbocycles. The summed E-state index contributed by atoms with van der Waals surface area (Å²) >= 11 is 0. The van der Waals surface area contributed by atoms with Crippen LogP contribution >= 0.6 is 0 Å². The molecule has 1 aliphatic rings. The summed E-state index contributed by atoms with van der Waals surface area (Å²) in [5.74, 6) is 5.13. The van der Waals surface area contributed by atoms with Gasteiger partial charge in [-0.2, -0.15) is 15.2 Å². The van der Waals surface area contributed by atoms with Gasteiger partial charge in [0.25, 0.3) is 0 Å². The summed E-state index contributed by atoms with van der Waals surface area (Å²) in [7, 11) is 0. The van der Waals surface area contributed by atoms with Crippen LogP contribution in [0.15, 0.2) is 48.5 Å². The first kappa shape index (κ1) is 26.5. The maximum atomic E-state index is 15.2. The largest absolute Gasteiger partial charge is 0.363 e. The number of anilines is 2. The number of hydrazine groups is 2. The minimum Gasteiger partial charge on any atom is -0.363 e. The molecule has 2 aromatic rings. The monoisotopic (exact) mass is 490 g/mol. The van der Waals surface area contributed by atoms with Crippen LogP contribution in [0.4, 0.5) is 16.0 Å². The van der Waals surface area contributed by atoms with E-state index in [1.807, 2.05) is 32.1 Å². The second kappa shape index (κ2) is 12.5. The average molecular weight is 491 g/mol. The topological polar surface area (TPSA) is 143 Å². The van der Waals surface area contributed by atoms with Crippen LogP contribution in [0.2, 0.25) is 0 Å². The van der Waals surface area contributed by atoms with E-state index in [0.29, 0.717) is 29.9 Å². The van der Waals surface area contributed by atoms with E-state index >= 15 is 4.39 Å². The van der Waals surface area contributed by atoms with Crippen molar-refractivity contribution in [1.82, 2.24) is 25.5 Å². The van der Waals surface area contributed by atoms with Gasteiger partial charge in [-0.25, -0.2) is 9.97 Å². The van der Waals surface area contributed by atoms with Gasteiger partial charge in [0.2, 0.25) is 5.82 Å².